The molecule has 3 aromatic rings. The molecule has 6 nitrogen and oxygen atoms in total. The number of nitrogens with one attached hydrogen (secondary N) is 1. The Morgan fingerprint density at radius 3 is 2.37 bits per heavy atom. The number of nitrogens with zero attached hydrogens (tertiary/aromatic N) is 3. The molecule has 1 unspecified atom stereocenters. The zero-order valence-electron chi connectivity index (χ0n) is 14.9. The van der Waals surface area contributed by atoms with E-state index in [1.54, 1.807) is 10.9 Å². The Balaban J connectivity index is 1.38. The number of hydrogen-bond donors (Lipinski definition) is 1. The maximum absolute atomic E-state index is 12.6. The molecule has 0 bridgehead atoms. The molecule has 0 radical (unpaired) electrons. The number of rotatable bonds is 6. The van der Waals surface area contributed by atoms with E-state index in [9.17, 15) is 8.42 Å². The quantitative estimate of drug-likeness (QED) is 0.712. The first-order valence-electron chi connectivity index (χ1n) is 9.01. The van der Waals surface area contributed by atoms with Gasteiger partial charge in [0.05, 0.1) is 18.1 Å². The molecule has 140 valence electrons. The van der Waals surface area contributed by atoms with Gasteiger partial charge in [0, 0.05) is 25.3 Å². The van der Waals surface area contributed by atoms with Crippen molar-refractivity contribution in [2.24, 2.45) is 5.92 Å². The van der Waals surface area contributed by atoms with Crippen LogP contribution in [0.4, 0.5) is 5.69 Å². The third-order valence-corrected chi connectivity index (χ3v) is 6.24. The molecule has 1 aromatic heterocycles. The van der Waals surface area contributed by atoms with E-state index in [4.69, 9.17) is 0 Å². The van der Waals surface area contributed by atoms with Crippen LogP contribution in [-0.2, 0) is 10.0 Å². The maximum Gasteiger partial charge on any atom is 0.243 e. The third-order valence-electron chi connectivity index (χ3n) is 4.86. The van der Waals surface area contributed by atoms with Gasteiger partial charge in [-0.05, 0) is 36.6 Å². The van der Waals surface area contributed by atoms with Crippen molar-refractivity contribution in [3.63, 3.8) is 0 Å². The highest BCUT2D eigenvalue weighted by molar-refractivity contribution is 7.89. The van der Waals surface area contributed by atoms with E-state index in [0.717, 1.165) is 25.2 Å². The van der Waals surface area contributed by atoms with Gasteiger partial charge in [-0.2, -0.15) is 5.10 Å². The van der Waals surface area contributed by atoms with E-state index < -0.39 is 10.0 Å². The van der Waals surface area contributed by atoms with E-state index in [1.165, 1.54) is 11.9 Å². The Hall–Kier alpha value is -2.64. The predicted molar refractivity (Wildman–Crippen MR) is 106 cm³/mol. The molecule has 4 rings (SSSR count). The zero-order chi connectivity index (χ0) is 18.7. The molecule has 1 atom stereocenters. The summed E-state index contributed by atoms with van der Waals surface area (Å²) in [5.41, 5.74) is 2.01. The van der Waals surface area contributed by atoms with Crippen LogP contribution >= 0.6 is 0 Å². The van der Waals surface area contributed by atoms with Crippen molar-refractivity contribution < 1.29 is 8.42 Å². The third kappa shape index (κ3) is 4.04. The summed E-state index contributed by atoms with van der Waals surface area (Å²) in [7, 11) is -3.57. The maximum atomic E-state index is 12.6. The molecule has 0 amide bonds. The Morgan fingerprint density at radius 2 is 1.67 bits per heavy atom. The highest BCUT2D eigenvalue weighted by atomic mass is 32.2. The summed E-state index contributed by atoms with van der Waals surface area (Å²) in [5.74, 6) is 0.296. The van der Waals surface area contributed by atoms with Gasteiger partial charge in [0.15, 0.2) is 0 Å². The van der Waals surface area contributed by atoms with Gasteiger partial charge in [-0.3, -0.25) is 0 Å². The van der Waals surface area contributed by atoms with Crippen molar-refractivity contribution in [1.82, 2.24) is 14.5 Å². The Bertz CT molecular complexity index is 987. The number of benzene rings is 2. The van der Waals surface area contributed by atoms with Gasteiger partial charge in [0.1, 0.15) is 4.90 Å². The number of para-hydroxylation sites is 2. The van der Waals surface area contributed by atoms with E-state index in [-0.39, 0.29) is 4.90 Å². The van der Waals surface area contributed by atoms with Crippen LogP contribution in [0.2, 0.25) is 0 Å². The van der Waals surface area contributed by atoms with Crippen LogP contribution in [0.5, 0.6) is 0 Å². The van der Waals surface area contributed by atoms with Gasteiger partial charge in [-0.25, -0.2) is 17.8 Å². The second-order valence-corrected chi connectivity index (χ2v) is 8.51. The normalized spacial score (nSPS) is 17.3. The Kier molecular flexibility index (Phi) is 4.96. The van der Waals surface area contributed by atoms with Crippen molar-refractivity contribution in [3.8, 4) is 5.69 Å². The average molecular weight is 382 g/mol. The fraction of sp³-hybridized carbons (Fsp3) is 0.250. The average Bonchev–Trinajstić information content (AvgIpc) is 3.38. The number of hydrogen-bond acceptors (Lipinski definition) is 4. The monoisotopic (exact) mass is 382 g/mol. The smallest absolute Gasteiger partial charge is 0.243 e. The van der Waals surface area contributed by atoms with Gasteiger partial charge >= 0.3 is 0 Å². The summed E-state index contributed by atoms with van der Waals surface area (Å²) < 4.78 is 29.5. The summed E-state index contributed by atoms with van der Waals surface area (Å²) >= 11 is 0. The van der Waals surface area contributed by atoms with Gasteiger partial charge in [0.25, 0.3) is 0 Å². The highest BCUT2D eigenvalue weighted by Crippen LogP contribution is 2.23. The SMILES string of the molecule is O=S(=O)(NCC1CCN(c2ccccc2)C1)c1cnn(-c2ccccc2)c1. The first-order chi connectivity index (χ1) is 13.1. The van der Waals surface area contributed by atoms with Crippen molar-refractivity contribution in [2.45, 2.75) is 11.3 Å². The number of anilines is 1. The molecule has 1 saturated heterocycles. The summed E-state index contributed by atoms with van der Waals surface area (Å²) in [6.07, 6.45) is 3.91. The molecule has 1 aliphatic heterocycles. The first-order valence-corrected chi connectivity index (χ1v) is 10.5. The molecule has 0 spiro atoms. The van der Waals surface area contributed by atoms with Crippen molar-refractivity contribution in [2.75, 3.05) is 24.5 Å². The van der Waals surface area contributed by atoms with Crippen LogP contribution in [0.1, 0.15) is 6.42 Å². The van der Waals surface area contributed by atoms with Crippen LogP contribution < -0.4 is 9.62 Å². The number of aromatic nitrogens is 2. The lowest BCUT2D eigenvalue weighted by atomic mass is 10.1. The van der Waals surface area contributed by atoms with E-state index in [2.05, 4.69) is 26.9 Å². The van der Waals surface area contributed by atoms with Crippen LogP contribution in [0.3, 0.4) is 0 Å². The van der Waals surface area contributed by atoms with Crippen molar-refractivity contribution in [3.05, 3.63) is 73.1 Å². The van der Waals surface area contributed by atoms with Gasteiger partial charge in [0.2, 0.25) is 10.0 Å². The summed E-state index contributed by atoms with van der Waals surface area (Å²) in [4.78, 5) is 2.48. The molecule has 1 aliphatic rings. The minimum Gasteiger partial charge on any atom is -0.371 e. The van der Waals surface area contributed by atoms with Gasteiger partial charge < -0.3 is 4.90 Å². The standard InChI is InChI=1S/C20H22N4O2S/c25-27(26,20-14-21-24(16-20)19-9-5-2-6-10-19)22-13-17-11-12-23(15-17)18-7-3-1-4-8-18/h1-10,14,16-17,22H,11-13,15H2. The summed E-state index contributed by atoms with van der Waals surface area (Å²) in [6.45, 7) is 2.24. The fourth-order valence-electron chi connectivity index (χ4n) is 3.35. The first kappa shape index (κ1) is 17.8. The molecule has 2 aromatic carbocycles. The second-order valence-electron chi connectivity index (χ2n) is 6.74. The minimum absolute atomic E-state index is 0.185. The van der Waals surface area contributed by atoms with E-state index in [0.29, 0.717) is 12.5 Å². The number of sulfonamides is 1. The van der Waals surface area contributed by atoms with Crippen molar-refractivity contribution >= 4 is 15.7 Å². The largest absolute Gasteiger partial charge is 0.371 e. The Labute approximate surface area is 159 Å². The lowest BCUT2D eigenvalue weighted by molar-refractivity contribution is 0.541. The lowest BCUT2D eigenvalue weighted by Gasteiger charge is -2.18. The predicted octanol–water partition coefficient (Wildman–Crippen LogP) is 2.68. The molecule has 7 heteroatoms. The molecule has 2 heterocycles. The van der Waals surface area contributed by atoms with Crippen molar-refractivity contribution in [1.29, 1.82) is 0 Å². The van der Waals surface area contributed by atoms with Crippen LogP contribution in [0, 0.1) is 5.92 Å². The second kappa shape index (κ2) is 7.54. The molecule has 1 N–H and O–H groups in total. The zero-order valence-corrected chi connectivity index (χ0v) is 15.7. The molecule has 0 aliphatic carbocycles. The lowest BCUT2D eigenvalue weighted by Crippen LogP contribution is -2.31. The Morgan fingerprint density at radius 1 is 1.00 bits per heavy atom. The molecular weight excluding hydrogens is 360 g/mol. The molecule has 27 heavy (non-hydrogen) atoms. The fourth-order valence-corrected chi connectivity index (χ4v) is 4.40. The molecular formula is C20H22N4O2S. The van der Waals surface area contributed by atoms with Gasteiger partial charge in [-0.15, -0.1) is 0 Å². The summed E-state index contributed by atoms with van der Waals surface area (Å²) in [5, 5.41) is 4.17. The highest BCUT2D eigenvalue weighted by Gasteiger charge is 2.25. The van der Waals surface area contributed by atoms with E-state index >= 15 is 0 Å². The van der Waals surface area contributed by atoms with E-state index in [1.807, 2.05) is 48.5 Å². The van der Waals surface area contributed by atoms with Crippen LogP contribution in [-0.4, -0.2) is 37.8 Å². The summed E-state index contributed by atoms with van der Waals surface area (Å²) in [6, 6.07) is 19.7. The van der Waals surface area contributed by atoms with Crippen LogP contribution in [0.25, 0.3) is 5.69 Å². The van der Waals surface area contributed by atoms with Gasteiger partial charge in [-0.1, -0.05) is 36.4 Å². The molecule has 1 fully saturated rings. The minimum atomic E-state index is -3.57. The topological polar surface area (TPSA) is 67.2 Å². The van der Waals surface area contributed by atoms with Crippen LogP contribution in [0.15, 0.2) is 78.0 Å². The molecule has 0 saturated carbocycles.